The second-order valence-corrected chi connectivity index (χ2v) is 5.71. The zero-order valence-electron chi connectivity index (χ0n) is 11.3. The summed E-state index contributed by atoms with van der Waals surface area (Å²) in [6.45, 7) is 2.00. The number of hydrogen-bond acceptors (Lipinski definition) is 2. The number of benzene rings is 2. The molecule has 1 atom stereocenters. The van der Waals surface area contributed by atoms with Gasteiger partial charge in [-0.25, -0.2) is 4.98 Å². The van der Waals surface area contributed by atoms with Crippen LogP contribution in [0.1, 0.15) is 22.9 Å². The fourth-order valence-corrected chi connectivity index (χ4v) is 2.82. The Kier molecular flexibility index (Phi) is 3.85. The maximum Gasteiger partial charge on any atom is 0.122 e. The molecule has 3 rings (SSSR count). The first-order chi connectivity index (χ1) is 10.1. The first kappa shape index (κ1) is 14.3. The maximum absolute atomic E-state index is 10.6. The van der Waals surface area contributed by atoms with Gasteiger partial charge in [0.25, 0.3) is 0 Å². The average molecular weight is 318 g/mol. The van der Waals surface area contributed by atoms with Gasteiger partial charge in [0.15, 0.2) is 0 Å². The van der Waals surface area contributed by atoms with Gasteiger partial charge >= 0.3 is 0 Å². The second-order valence-electron chi connectivity index (χ2n) is 4.93. The molecule has 3 aromatic rings. The Morgan fingerprint density at radius 2 is 1.81 bits per heavy atom. The van der Waals surface area contributed by atoms with Crippen molar-refractivity contribution < 1.29 is 5.11 Å². The van der Waals surface area contributed by atoms with E-state index < -0.39 is 6.10 Å². The van der Waals surface area contributed by atoms with E-state index in [9.17, 15) is 5.11 Å². The molecule has 0 amide bonds. The monoisotopic (exact) mass is 317 g/mol. The molecule has 106 valence electrons. The molecule has 4 heteroatoms. The van der Waals surface area contributed by atoms with Crippen LogP contribution in [0.2, 0.25) is 10.0 Å². The Morgan fingerprint density at radius 3 is 2.62 bits per heavy atom. The molecule has 1 heterocycles. The fraction of sp³-hybridized carbons (Fsp3) is 0.118. The van der Waals surface area contributed by atoms with Gasteiger partial charge in [0.05, 0.1) is 21.3 Å². The molecule has 0 fully saturated rings. The number of aryl methyl sites for hydroxylation is 1. The summed E-state index contributed by atoms with van der Waals surface area (Å²) in [6, 6.07) is 14.9. The topological polar surface area (TPSA) is 33.1 Å². The summed E-state index contributed by atoms with van der Waals surface area (Å²) in [5.74, 6) is 0. The number of aromatic nitrogens is 1. The molecule has 0 spiro atoms. The maximum atomic E-state index is 10.6. The van der Waals surface area contributed by atoms with Crippen LogP contribution < -0.4 is 0 Å². The van der Waals surface area contributed by atoms with Crippen molar-refractivity contribution in [2.24, 2.45) is 0 Å². The normalized spacial score (nSPS) is 12.6. The third kappa shape index (κ3) is 2.62. The number of halogens is 2. The lowest BCUT2D eigenvalue weighted by molar-refractivity contribution is 0.216. The van der Waals surface area contributed by atoms with E-state index >= 15 is 0 Å². The second kappa shape index (κ2) is 5.64. The minimum atomic E-state index is -0.903. The standard InChI is InChI=1S/C17H13Cl2NO/c1-10-9-15(20-14-8-3-2-5-11(10)14)17(21)12-6-4-7-13(18)16(12)19/h2-9,17,21H,1H3. The van der Waals surface area contributed by atoms with Crippen LogP contribution in [0.3, 0.4) is 0 Å². The SMILES string of the molecule is Cc1cc(C(O)c2cccc(Cl)c2Cl)nc2ccccc12. The summed E-state index contributed by atoms with van der Waals surface area (Å²) in [5, 5.41) is 12.4. The molecule has 0 saturated heterocycles. The first-order valence-corrected chi connectivity index (χ1v) is 7.32. The molecule has 0 saturated carbocycles. The van der Waals surface area contributed by atoms with Crippen molar-refractivity contribution in [3.05, 3.63) is 75.4 Å². The predicted octanol–water partition coefficient (Wildman–Crippen LogP) is 4.93. The zero-order chi connectivity index (χ0) is 15.0. The van der Waals surface area contributed by atoms with E-state index in [1.165, 1.54) is 0 Å². The molecule has 1 unspecified atom stereocenters. The highest BCUT2D eigenvalue weighted by Gasteiger charge is 2.18. The van der Waals surface area contributed by atoms with Crippen LogP contribution in [0.4, 0.5) is 0 Å². The molecular formula is C17H13Cl2NO. The highest BCUT2D eigenvalue weighted by Crippen LogP contribution is 2.33. The number of rotatable bonds is 2. The Hall–Kier alpha value is -1.61. The number of aliphatic hydroxyl groups is 1. The van der Waals surface area contributed by atoms with Gasteiger partial charge in [-0.3, -0.25) is 0 Å². The molecule has 21 heavy (non-hydrogen) atoms. The summed E-state index contributed by atoms with van der Waals surface area (Å²) < 4.78 is 0. The van der Waals surface area contributed by atoms with Crippen LogP contribution in [0.15, 0.2) is 48.5 Å². The molecule has 0 radical (unpaired) electrons. The quantitative estimate of drug-likeness (QED) is 0.726. The van der Waals surface area contributed by atoms with Crippen LogP contribution in [-0.2, 0) is 0 Å². The van der Waals surface area contributed by atoms with Crippen molar-refractivity contribution in [1.29, 1.82) is 0 Å². The van der Waals surface area contributed by atoms with Gasteiger partial charge < -0.3 is 5.11 Å². The lowest BCUT2D eigenvalue weighted by atomic mass is 10.0. The molecular weight excluding hydrogens is 305 g/mol. The van der Waals surface area contributed by atoms with E-state index in [1.807, 2.05) is 37.3 Å². The molecule has 0 aliphatic heterocycles. The Labute approximate surface area is 133 Å². The molecule has 2 aromatic carbocycles. The number of fused-ring (bicyclic) bond motifs is 1. The van der Waals surface area contributed by atoms with Crippen molar-refractivity contribution in [3.63, 3.8) is 0 Å². The number of para-hydroxylation sites is 1. The Bertz CT molecular complexity index is 817. The van der Waals surface area contributed by atoms with Crippen molar-refractivity contribution in [3.8, 4) is 0 Å². The number of aliphatic hydroxyl groups excluding tert-OH is 1. The summed E-state index contributed by atoms with van der Waals surface area (Å²) in [6.07, 6.45) is -0.903. The van der Waals surface area contributed by atoms with Gasteiger partial charge in [0, 0.05) is 10.9 Å². The van der Waals surface area contributed by atoms with E-state index in [0.29, 0.717) is 21.3 Å². The van der Waals surface area contributed by atoms with Gasteiger partial charge in [0.2, 0.25) is 0 Å². The minimum absolute atomic E-state index is 0.360. The molecule has 2 nitrogen and oxygen atoms in total. The molecule has 1 aromatic heterocycles. The van der Waals surface area contributed by atoms with Crippen LogP contribution in [0.25, 0.3) is 10.9 Å². The van der Waals surface area contributed by atoms with Crippen molar-refractivity contribution >= 4 is 34.1 Å². The molecule has 1 N–H and O–H groups in total. The smallest absolute Gasteiger partial charge is 0.122 e. The van der Waals surface area contributed by atoms with Gasteiger partial charge in [-0.2, -0.15) is 0 Å². The van der Waals surface area contributed by atoms with E-state index in [2.05, 4.69) is 4.98 Å². The van der Waals surface area contributed by atoms with Crippen molar-refractivity contribution in [2.45, 2.75) is 13.0 Å². The van der Waals surface area contributed by atoms with Crippen molar-refractivity contribution in [1.82, 2.24) is 4.98 Å². The number of pyridine rings is 1. The van der Waals surface area contributed by atoms with Gasteiger partial charge in [0.1, 0.15) is 6.10 Å². The summed E-state index contributed by atoms with van der Waals surface area (Å²) in [7, 11) is 0. The average Bonchev–Trinajstić information content (AvgIpc) is 2.49. The Morgan fingerprint density at radius 1 is 1.05 bits per heavy atom. The predicted molar refractivity (Wildman–Crippen MR) is 87.0 cm³/mol. The van der Waals surface area contributed by atoms with E-state index in [1.54, 1.807) is 18.2 Å². The molecule has 0 bridgehead atoms. The summed E-state index contributed by atoms with van der Waals surface area (Å²) in [5.41, 5.74) is 3.04. The third-order valence-corrected chi connectivity index (χ3v) is 4.33. The van der Waals surface area contributed by atoms with E-state index in [4.69, 9.17) is 23.2 Å². The lowest BCUT2D eigenvalue weighted by Crippen LogP contribution is -2.04. The Balaban J connectivity index is 2.13. The third-order valence-electron chi connectivity index (χ3n) is 3.50. The highest BCUT2D eigenvalue weighted by molar-refractivity contribution is 6.42. The molecule has 0 aliphatic carbocycles. The lowest BCUT2D eigenvalue weighted by Gasteiger charge is -2.15. The summed E-state index contributed by atoms with van der Waals surface area (Å²) >= 11 is 12.2. The van der Waals surface area contributed by atoms with Gasteiger partial charge in [-0.1, -0.05) is 53.5 Å². The van der Waals surface area contributed by atoms with Crippen molar-refractivity contribution in [2.75, 3.05) is 0 Å². The zero-order valence-corrected chi connectivity index (χ0v) is 12.9. The number of nitrogens with zero attached hydrogens (tertiary/aromatic N) is 1. The van der Waals surface area contributed by atoms with Gasteiger partial charge in [-0.15, -0.1) is 0 Å². The molecule has 0 aliphatic rings. The van der Waals surface area contributed by atoms with Crippen LogP contribution in [0.5, 0.6) is 0 Å². The fourth-order valence-electron chi connectivity index (χ4n) is 2.41. The van der Waals surface area contributed by atoms with Gasteiger partial charge in [-0.05, 0) is 30.7 Å². The van der Waals surface area contributed by atoms with E-state index in [0.717, 1.165) is 16.5 Å². The summed E-state index contributed by atoms with van der Waals surface area (Å²) in [4.78, 5) is 4.53. The number of hydrogen-bond donors (Lipinski definition) is 1. The van der Waals surface area contributed by atoms with Crippen LogP contribution in [0, 0.1) is 6.92 Å². The van der Waals surface area contributed by atoms with E-state index in [-0.39, 0.29) is 0 Å². The largest absolute Gasteiger partial charge is 0.382 e. The first-order valence-electron chi connectivity index (χ1n) is 6.56. The van der Waals surface area contributed by atoms with Crippen LogP contribution in [-0.4, -0.2) is 10.1 Å². The van der Waals surface area contributed by atoms with Crippen LogP contribution >= 0.6 is 23.2 Å². The minimum Gasteiger partial charge on any atom is -0.382 e. The highest BCUT2D eigenvalue weighted by atomic mass is 35.5.